The predicted molar refractivity (Wildman–Crippen MR) is 111 cm³/mol. The Labute approximate surface area is 168 Å². The first-order chi connectivity index (χ1) is 13.5. The smallest absolute Gasteiger partial charge is 0.282 e. The van der Waals surface area contributed by atoms with E-state index >= 15 is 0 Å². The minimum absolute atomic E-state index is 0.0982. The number of amides is 2. The van der Waals surface area contributed by atoms with Crippen molar-refractivity contribution < 1.29 is 14.7 Å². The number of aryl methyl sites for hydroxylation is 2. The fourth-order valence-corrected chi connectivity index (χ4v) is 4.81. The van der Waals surface area contributed by atoms with E-state index in [9.17, 15) is 14.7 Å². The van der Waals surface area contributed by atoms with Crippen LogP contribution >= 0.6 is 11.3 Å². The third-order valence-corrected chi connectivity index (χ3v) is 6.41. The molecule has 3 heterocycles. The summed E-state index contributed by atoms with van der Waals surface area (Å²) in [6, 6.07) is 9.61. The van der Waals surface area contributed by atoms with E-state index in [2.05, 4.69) is 0 Å². The van der Waals surface area contributed by atoms with Gasteiger partial charge in [-0.05, 0) is 61.2 Å². The molecule has 1 aromatic heterocycles. The highest BCUT2D eigenvalue weighted by atomic mass is 32.1. The quantitative estimate of drug-likeness (QED) is 0.805. The number of carbonyl (C=O) groups is 2. The Bertz CT molecular complexity index is 949. The van der Waals surface area contributed by atoms with Crippen LogP contribution in [-0.4, -0.2) is 41.5 Å². The number of likely N-dealkylation sites (tertiary alicyclic amines) is 1. The predicted octanol–water partition coefficient (Wildman–Crippen LogP) is 3.35. The van der Waals surface area contributed by atoms with Crippen molar-refractivity contribution in [1.29, 1.82) is 0 Å². The van der Waals surface area contributed by atoms with Gasteiger partial charge in [-0.15, -0.1) is 11.3 Å². The Hall–Kier alpha value is -2.44. The minimum atomic E-state index is -0.263. The number of nitrogens with zero attached hydrogens (tertiary/aromatic N) is 2. The standard InChI is InChI=1S/C22H24N2O3S/c1-14-7-8-15(2)17(11-14)24-21(26)19(18-6-4-10-28-18)20(22(24)27)23-9-3-5-16(12-23)13-25/h4,6-8,10-11,16,25H,3,5,9,12-13H2,1-2H3. The number of imide groups is 1. The molecule has 1 atom stereocenters. The van der Waals surface area contributed by atoms with Crippen LogP contribution < -0.4 is 4.90 Å². The summed E-state index contributed by atoms with van der Waals surface area (Å²) < 4.78 is 0. The summed E-state index contributed by atoms with van der Waals surface area (Å²) in [5, 5.41) is 11.5. The molecular weight excluding hydrogens is 372 g/mol. The summed E-state index contributed by atoms with van der Waals surface area (Å²) in [5.41, 5.74) is 3.51. The first-order valence-electron chi connectivity index (χ1n) is 9.61. The third kappa shape index (κ3) is 3.16. The van der Waals surface area contributed by atoms with Gasteiger partial charge in [-0.1, -0.05) is 18.2 Å². The van der Waals surface area contributed by atoms with Gasteiger partial charge in [0.15, 0.2) is 0 Å². The largest absolute Gasteiger partial charge is 0.396 e. The fourth-order valence-electron chi connectivity index (χ4n) is 4.05. The van der Waals surface area contributed by atoms with Crippen LogP contribution in [0.3, 0.4) is 0 Å². The van der Waals surface area contributed by atoms with Crippen molar-refractivity contribution in [3.8, 4) is 0 Å². The lowest BCUT2D eigenvalue weighted by Gasteiger charge is -2.34. The summed E-state index contributed by atoms with van der Waals surface area (Å²) in [6.07, 6.45) is 1.84. The van der Waals surface area contributed by atoms with Gasteiger partial charge >= 0.3 is 0 Å². The Morgan fingerprint density at radius 3 is 2.71 bits per heavy atom. The molecule has 0 spiro atoms. The van der Waals surface area contributed by atoms with Gasteiger partial charge in [-0.3, -0.25) is 9.59 Å². The molecule has 0 saturated carbocycles. The molecule has 0 aliphatic carbocycles. The second-order valence-electron chi connectivity index (χ2n) is 7.57. The number of piperidine rings is 1. The Balaban J connectivity index is 1.81. The topological polar surface area (TPSA) is 60.9 Å². The number of rotatable bonds is 4. The summed E-state index contributed by atoms with van der Waals surface area (Å²) >= 11 is 1.47. The molecule has 2 aromatic rings. The molecule has 146 valence electrons. The lowest BCUT2D eigenvalue weighted by atomic mass is 9.98. The summed E-state index contributed by atoms with van der Waals surface area (Å²) in [4.78, 5) is 31.1. The van der Waals surface area contributed by atoms with E-state index < -0.39 is 0 Å². The Morgan fingerprint density at radius 2 is 2.00 bits per heavy atom. The first-order valence-corrected chi connectivity index (χ1v) is 10.5. The van der Waals surface area contributed by atoms with Gasteiger partial charge in [0.1, 0.15) is 5.70 Å². The van der Waals surface area contributed by atoms with E-state index in [1.54, 1.807) is 0 Å². The van der Waals surface area contributed by atoms with Crippen LogP contribution in [0.15, 0.2) is 41.4 Å². The van der Waals surface area contributed by atoms with Gasteiger partial charge in [-0.2, -0.15) is 0 Å². The highest BCUT2D eigenvalue weighted by Gasteiger charge is 2.44. The highest BCUT2D eigenvalue weighted by Crippen LogP contribution is 2.38. The van der Waals surface area contributed by atoms with Gasteiger partial charge in [0.2, 0.25) is 0 Å². The van der Waals surface area contributed by atoms with Gasteiger partial charge < -0.3 is 10.0 Å². The monoisotopic (exact) mass is 396 g/mol. The van der Waals surface area contributed by atoms with Crippen LogP contribution in [0.5, 0.6) is 0 Å². The maximum Gasteiger partial charge on any atom is 0.282 e. The van der Waals surface area contributed by atoms with E-state index in [1.807, 2.05) is 54.5 Å². The first kappa shape index (κ1) is 18.9. The fraction of sp³-hybridized carbons (Fsp3) is 0.364. The zero-order valence-electron chi connectivity index (χ0n) is 16.1. The second kappa shape index (κ2) is 7.53. The van der Waals surface area contributed by atoms with Gasteiger partial charge in [0.05, 0.1) is 11.3 Å². The van der Waals surface area contributed by atoms with Crippen LogP contribution in [0, 0.1) is 19.8 Å². The average molecular weight is 397 g/mol. The number of hydrogen-bond donors (Lipinski definition) is 1. The Morgan fingerprint density at radius 1 is 1.18 bits per heavy atom. The van der Waals surface area contributed by atoms with E-state index in [-0.39, 0.29) is 24.3 Å². The van der Waals surface area contributed by atoms with Gasteiger partial charge in [0, 0.05) is 24.6 Å². The second-order valence-corrected chi connectivity index (χ2v) is 8.52. The molecule has 5 nitrogen and oxygen atoms in total. The van der Waals surface area contributed by atoms with Crippen LogP contribution in [0.4, 0.5) is 5.69 Å². The molecule has 1 unspecified atom stereocenters. The van der Waals surface area contributed by atoms with Gasteiger partial charge in [0.25, 0.3) is 11.8 Å². The van der Waals surface area contributed by atoms with E-state index in [4.69, 9.17) is 0 Å². The van der Waals surface area contributed by atoms with Crippen molar-refractivity contribution in [2.24, 2.45) is 5.92 Å². The Kier molecular flexibility index (Phi) is 5.08. The number of aliphatic hydroxyl groups is 1. The number of hydrogen-bond acceptors (Lipinski definition) is 5. The van der Waals surface area contributed by atoms with E-state index in [0.29, 0.717) is 23.5 Å². The normalized spacial score (nSPS) is 20.5. The average Bonchev–Trinajstić information content (AvgIpc) is 3.30. The molecule has 1 saturated heterocycles. The number of benzene rings is 1. The molecule has 28 heavy (non-hydrogen) atoms. The molecule has 1 fully saturated rings. The molecule has 1 N–H and O–H groups in total. The van der Waals surface area contributed by atoms with Gasteiger partial charge in [-0.25, -0.2) is 4.90 Å². The van der Waals surface area contributed by atoms with Crippen molar-refractivity contribution in [2.75, 3.05) is 24.6 Å². The van der Waals surface area contributed by atoms with E-state index in [0.717, 1.165) is 35.4 Å². The molecule has 2 amide bonds. The number of thiophene rings is 1. The minimum Gasteiger partial charge on any atom is -0.396 e. The maximum atomic E-state index is 13.5. The summed E-state index contributed by atoms with van der Waals surface area (Å²) in [6.45, 7) is 5.29. The van der Waals surface area contributed by atoms with Crippen molar-refractivity contribution in [1.82, 2.24) is 4.90 Å². The third-order valence-electron chi connectivity index (χ3n) is 5.53. The molecule has 4 rings (SSSR count). The van der Waals surface area contributed by atoms with Crippen molar-refractivity contribution in [2.45, 2.75) is 26.7 Å². The number of aliphatic hydroxyl groups excluding tert-OH is 1. The zero-order valence-corrected chi connectivity index (χ0v) is 17.0. The summed E-state index contributed by atoms with van der Waals surface area (Å²) in [7, 11) is 0. The van der Waals surface area contributed by atoms with Crippen molar-refractivity contribution in [3.05, 3.63) is 57.4 Å². The van der Waals surface area contributed by atoms with Crippen molar-refractivity contribution >= 4 is 34.4 Å². The molecule has 2 aliphatic rings. The van der Waals surface area contributed by atoms with Crippen molar-refractivity contribution in [3.63, 3.8) is 0 Å². The zero-order chi connectivity index (χ0) is 19.8. The molecule has 0 radical (unpaired) electrons. The lowest BCUT2D eigenvalue weighted by molar-refractivity contribution is -0.120. The molecule has 2 aliphatic heterocycles. The van der Waals surface area contributed by atoms with Crippen LogP contribution in [0.1, 0.15) is 28.8 Å². The molecule has 6 heteroatoms. The van der Waals surface area contributed by atoms with Crippen LogP contribution in [0.2, 0.25) is 0 Å². The van der Waals surface area contributed by atoms with E-state index in [1.165, 1.54) is 16.2 Å². The SMILES string of the molecule is Cc1ccc(C)c(N2C(=O)C(c3cccs3)=C(N3CCCC(CO)C3)C2=O)c1. The number of anilines is 1. The summed E-state index contributed by atoms with van der Waals surface area (Å²) in [5.74, 6) is -0.397. The maximum absolute atomic E-state index is 13.5. The highest BCUT2D eigenvalue weighted by molar-refractivity contribution is 7.11. The van der Waals surface area contributed by atoms with Crippen LogP contribution in [-0.2, 0) is 9.59 Å². The molecular formula is C22H24N2O3S. The number of carbonyl (C=O) groups excluding carboxylic acids is 2. The molecule has 1 aromatic carbocycles. The lowest BCUT2D eigenvalue weighted by Crippen LogP contribution is -2.40. The van der Waals surface area contributed by atoms with Crippen LogP contribution in [0.25, 0.3) is 5.57 Å². The molecule has 0 bridgehead atoms.